The van der Waals surface area contributed by atoms with Crippen LogP contribution in [0.4, 0.5) is 13.2 Å². The molecule has 12 heteroatoms. The van der Waals surface area contributed by atoms with Crippen molar-refractivity contribution in [2.45, 2.75) is 10.4 Å². The smallest absolute Gasteiger partial charge is 0.446 e. The van der Waals surface area contributed by atoms with E-state index in [-0.39, 0.29) is 50.8 Å². The lowest BCUT2D eigenvalue weighted by Gasteiger charge is -2.09. The normalized spacial score (nSPS) is 12.4. The number of fused-ring (bicyclic) bond motifs is 1. The summed E-state index contributed by atoms with van der Waals surface area (Å²) in [4.78, 5) is 20.7. The number of hydrogen-bond donors (Lipinski definition) is 2. The molecule has 3 aromatic rings. The largest absolute Gasteiger partial charge is 0.465 e. The summed E-state index contributed by atoms with van der Waals surface area (Å²) in [5.74, 6) is -0.786. The van der Waals surface area contributed by atoms with Crippen molar-refractivity contribution in [3.05, 3.63) is 41.6 Å². The second-order valence-electron chi connectivity index (χ2n) is 5.76. The van der Waals surface area contributed by atoms with E-state index >= 15 is 0 Å². The van der Waals surface area contributed by atoms with Crippen LogP contribution in [0.3, 0.4) is 0 Å². The number of aryl methyl sites for hydroxylation is 1. The fraction of sp³-hybridized carbons (Fsp3) is 0.176. The van der Waals surface area contributed by atoms with Gasteiger partial charge in [-0.3, -0.25) is 0 Å². The number of benzene rings is 1. The quantitative estimate of drug-likeness (QED) is 0.165. The van der Waals surface area contributed by atoms with Crippen LogP contribution in [0.1, 0.15) is 16.1 Å². The molecule has 0 saturated heterocycles. The van der Waals surface area contributed by atoms with E-state index in [2.05, 4.69) is 15.1 Å². The van der Waals surface area contributed by atoms with Crippen LogP contribution in [0, 0.1) is 0 Å². The molecule has 0 aliphatic carbocycles. The van der Waals surface area contributed by atoms with Crippen LogP contribution in [0.25, 0.3) is 22.6 Å². The topological polar surface area (TPSA) is 116 Å². The number of hydrogen-bond acceptors (Lipinski definition) is 7. The van der Waals surface area contributed by atoms with Crippen LogP contribution < -0.4 is 5.73 Å². The maximum atomic E-state index is 12.7. The Hall–Kier alpha value is -3.28. The highest BCUT2D eigenvalue weighted by Crippen LogP contribution is 2.38. The monoisotopic (exact) mass is 425 g/mol. The molecule has 8 nitrogen and oxygen atoms in total. The summed E-state index contributed by atoms with van der Waals surface area (Å²) in [6, 6.07) is 6.86. The predicted molar refractivity (Wildman–Crippen MR) is 99.7 cm³/mol. The third-order valence-electron chi connectivity index (χ3n) is 3.97. The number of rotatable bonds is 4. The summed E-state index contributed by atoms with van der Waals surface area (Å²) < 4.78 is 44.3. The zero-order valence-electron chi connectivity index (χ0n) is 15.1. The standard InChI is InChI=1S/C17H14F3N5O3S/c1-25-12-6-3-8(29-17(18,19)20)7-11(12)23-15(25)13-9(16(26)28-2)4-5-10(22-13)14(21)24-27/h3-7,27H,1-2H3,(H2,21,24). The summed E-state index contributed by atoms with van der Waals surface area (Å²) in [6.45, 7) is 0. The molecule has 0 unspecified atom stereocenters. The number of nitrogens with two attached hydrogens (primary N) is 1. The van der Waals surface area contributed by atoms with Crippen molar-refractivity contribution < 1.29 is 27.9 Å². The molecule has 1 aromatic carbocycles. The highest BCUT2D eigenvalue weighted by Gasteiger charge is 2.29. The lowest BCUT2D eigenvalue weighted by molar-refractivity contribution is -0.0328. The lowest BCUT2D eigenvalue weighted by Crippen LogP contribution is -2.17. The maximum Gasteiger partial charge on any atom is 0.446 e. The number of aromatic nitrogens is 3. The van der Waals surface area contributed by atoms with Crippen LogP contribution >= 0.6 is 11.8 Å². The molecule has 3 N–H and O–H groups in total. The molecule has 0 spiro atoms. The second-order valence-corrected chi connectivity index (χ2v) is 6.90. The Labute approximate surface area is 166 Å². The Morgan fingerprint density at radius 2 is 2.00 bits per heavy atom. The number of ether oxygens (including phenoxy) is 1. The summed E-state index contributed by atoms with van der Waals surface area (Å²) >= 11 is -0.252. The molecule has 0 amide bonds. The van der Waals surface area contributed by atoms with Crippen molar-refractivity contribution in [2.24, 2.45) is 17.9 Å². The third kappa shape index (κ3) is 4.11. The minimum Gasteiger partial charge on any atom is -0.465 e. The second kappa shape index (κ2) is 7.62. The number of nitrogens with zero attached hydrogens (tertiary/aromatic N) is 4. The van der Waals surface area contributed by atoms with E-state index in [1.165, 1.54) is 37.4 Å². The van der Waals surface area contributed by atoms with E-state index in [9.17, 15) is 18.0 Å². The Morgan fingerprint density at radius 3 is 2.62 bits per heavy atom. The van der Waals surface area contributed by atoms with Gasteiger partial charge in [-0.2, -0.15) is 13.2 Å². The Bertz CT molecular complexity index is 1130. The van der Waals surface area contributed by atoms with Crippen molar-refractivity contribution in [3.8, 4) is 11.5 Å². The van der Waals surface area contributed by atoms with Crippen LogP contribution in [-0.2, 0) is 11.8 Å². The molecule has 0 atom stereocenters. The molecule has 0 aliphatic heterocycles. The van der Waals surface area contributed by atoms with Crippen LogP contribution in [0.5, 0.6) is 0 Å². The SMILES string of the molecule is COC(=O)c1ccc(/C(N)=N/O)nc1-c1nc2cc(SC(F)(F)F)ccc2n1C. The molecule has 29 heavy (non-hydrogen) atoms. The number of thioether (sulfide) groups is 1. The highest BCUT2D eigenvalue weighted by molar-refractivity contribution is 8.00. The van der Waals surface area contributed by atoms with Gasteiger partial charge in [0.15, 0.2) is 11.7 Å². The summed E-state index contributed by atoms with van der Waals surface area (Å²) in [5.41, 5.74) is 2.17. The van der Waals surface area contributed by atoms with E-state index in [0.717, 1.165) is 0 Å². The average Bonchev–Trinajstić information content (AvgIpc) is 3.00. The van der Waals surface area contributed by atoms with Gasteiger partial charge < -0.3 is 20.2 Å². The first-order chi connectivity index (χ1) is 13.6. The minimum atomic E-state index is -4.43. The Morgan fingerprint density at radius 1 is 1.28 bits per heavy atom. The third-order valence-corrected chi connectivity index (χ3v) is 4.69. The van der Waals surface area contributed by atoms with Crippen molar-refractivity contribution in [1.29, 1.82) is 0 Å². The van der Waals surface area contributed by atoms with Gasteiger partial charge in [0.2, 0.25) is 0 Å². The van der Waals surface area contributed by atoms with Crippen LogP contribution in [0.2, 0.25) is 0 Å². The number of halogens is 3. The van der Waals surface area contributed by atoms with Gasteiger partial charge in [0, 0.05) is 11.9 Å². The average molecular weight is 425 g/mol. The molecule has 2 heterocycles. The van der Waals surface area contributed by atoms with Crippen molar-refractivity contribution in [3.63, 3.8) is 0 Å². The van der Waals surface area contributed by atoms with Gasteiger partial charge in [0.05, 0.1) is 23.7 Å². The molecule has 0 aliphatic rings. The van der Waals surface area contributed by atoms with Crippen molar-refractivity contribution in [2.75, 3.05) is 7.11 Å². The molecular formula is C17H14F3N5O3S. The zero-order valence-corrected chi connectivity index (χ0v) is 15.9. The van der Waals surface area contributed by atoms with Crippen molar-refractivity contribution >= 4 is 34.6 Å². The first-order valence-corrected chi connectivity index (χ1v) is 8.76. The number of alkyl halides is 3. The van der Waals surface area contributed by atoms with E-state index in [1.54, 1.807) is 11.6 Å². The van der Waals surface area contributed by atoms with Crippen molar-refractivity contribution in [1.82, 2.24) is 14.5 Å². The molecular weight excluding hydrogens is 411 g/mol. The predicted octanol–water partition coefficient (Wildman–Crippen LogP) is 3.13. The van der Waals surface area contributed by atoms with Gasteiger partial charge >= 0.3 is 11.5 Å². The van der Waals surface area contributed by atoms with Gasteiger partial charge in [0.25, 0.3) is 0 Å². The summed E-state index contributed by atoms with van der Waals surface area (Å²) in [5, 5.41) is 11.8. The Kier molecular flexibility index (Phi) is 5.38. The molecule has 2 aromatic heterocycles. The first kappa shape index (κ1) is 20.5. The van der Waals surface area contributed by atoms with Gasteiger partial charge in [-0.1, -0.05) is 5.16 Å². The molecule has 0 bridgehead atoms. The first-order valence-electron chi connectivity index (χ1n) is 7.94. The number of esters is 1. The minimum absolute atomic E-state index is 0.0267. The zero-order chi connectivity index (χ0) is 21.3. The van der Waals surface area contributed by atoms with Crippen LogP contribution in [0.15, 0.2) is 40.4 Å². The maximum absolute atomic E-state index is 12.7. The van der Waals surface area contributed by atoms with E-state index < -0.39 is 11.5 Å². The van der Waals surface area contributed by atoms with E-state index in [1.807, 2.05) is 0 Å². The fourth-order valence-electron chi connectivity index (χ4n) is 2.69. The van der Waals surface area contributed by atoms with Gasteiger partial charge in [-0.05, 0) is 42.1 Å². The van der Waals surface area contributed by atoms with Gasteiger partial charge in [-0.15, -0.1) is 0 Å². The fourth-order valence-corrected chi connectivity index (χ4v) is 3.26. The molecule has 152 valence electrons. The molecule has 0 radical (unpaired) electrons. The van der Waals surface area contributed by atoms with Gasteiger partial charge in [-0.25, -0.2) is 14.8 Å². The molecule has 0 fully saturated rings. The summed E-state index contributed by atoms with van der Waals surface area (Å²) in [7, 11) is 2.82. The number of pyridine rings is 1. The van der Waals surface area contributed by atoms with E-state index in [0.29, 0.717) is 5.52 Å². The number of carbonyl (C=O) groups excluding carboxylic acids is 1. The molecule has 0 saturated carbocycles. The number of oxime groups is 1. The number of amidine groups is 1. The van der Waals surface area contributed by atoms with Crippen LogP contribution in [-0.4, -0.2) is 44.2 Å². The lowest BCUT2D eigenvalue weighted by atomic mass is 10.1. The summed E-state index contributed by atoms with van der Waals surface area (Å²) in [6.07, 6.45) is 0. The van der Waals surface area contributed by atoms with E-state index in [4.69, 9.17) is 15.7 Å². The van der Waals surface area contributed by atoms with Gasteiger partial charge in [0.1, 0.15) is 11.4 Å². The Balaban J connectivity index is 2.20. The number of imidazole rings is 1. The highest BCUT2D eigenvalue weighted by atomic mass is 32.2. The number of methoxy groups -OCH3 is 1. The number of carbonyl (C=O) groups is 1. The molecule has 3 rings (SSSR count).